The van der Waals surface area contributed by atoms with Gasteiger partial charge in [-0.3, -0.25) is 14.4 Å². The average Bonchev–Trinajstić information content (AvgIpc) is 2.93. The summed E-state index contributed by atoms with van der Waals surface area (Å²) in [6.07, 6.45) is 2.52. The van der Waals surface area contributed by atoms with E-state index in [2.05, 4.69) is 0 Å². The molecule has 2 aliphatic rings. The third-order valence-electron chi connectivity index (χ3n) is 4.11. The number of carbonyl (C=O) groups excluding carboxylic acids is 3. The Kier molecular flexibility index (Phi) is 3.31. The van der Waals surface area contributed by atoms with Crippen molar-refractivity contribution in [3.63, 3.8) is 0 Å². The highest BCUT2D eigenvalue weighted by atomic mass is 19.1. The van der Waals surface area contributed by atoms with Gasteiger partial charge in [0.1, 0.15) is 11.6 Å². The molecule has 1 amide bonds. The number of anilines is 1. The number of Topliss-reactive ketones (excluding diaryl/α,β-unsaturated/α-hetero) is 2. The van der Waals surface area contributed by atoms with Gasteiger partial charge in [0.05, 0.1) is 11.3 Å². The number of ketones is 2. The van der Waals surface area contributed by atoms with E-state index < -0.39 is 23.3 Å². The van der Waals surface area contributed by atoms with Crippen LogP contribution in [0.25, 0.3) is 0 Å². The minimum atomic E-state index is -0.929. The summed E-state index contributed by atoms with van der Waals surface area (Å²) in [4.78, 5) is 36.3. The maximum atomic E-state index is 13.9. The van der Waals surface area contributed by atoms with E-state index in [1.807, 2.05) is 0 Å². The first-order chi connectivity index (χ1) is 9.99. The van der Waals surface area contributed by atoms with Gasteiger partial charge in [-0.1, -0.05) is 0 Å². The number of carbonyl (C=O) groups is 3. The van der Waals surface area contributed by atoms with Crippen LogP contribution in [-0.4, -0.2) is 24.0 Å². The van der Waals surface area contributed by atoms with Gasteiger partial charge in [0, 0.05) is 24.9 Å². The Bertz CT molecular complexity index is 657. The molecule has 0 saturated heterocycles. The average molecular weight is 293 g/mol. The van der Waals surface area contributed by atoms with Gasteiger partial charge in [-0.25, -0.2) is 8.78 Å². The Morgan fingerprint density at radius 3 is 2.62 bits per heavy atom. The van der Waals surface area contributed by atoms with E-state index in [0.717, 1.165) is 23.8 Å². The second-order valence-corrected chi connectivity index (χ2v) is 5.41. The van der Waals surface area contributed by atoms with E-state index in [0.29, 0.717) is 18.9 Å². The summed E-state index contributed by atoms with van der Waals surface area (Å²) in [5.41, 5.74) is -0.410. The van der Waals surface area contributed by atoms with Gasteiger partial charge in [-0.15, -0.1) is 0 Å². The molecule has 1 fully saturated rings. The predicted octanol–water partition coefficient (Wildman–Crippen LogP) is 2.25. The van der Waals surface area contributed by atoms with Crippen molar-refractivity contribution in [2.75, 3.05) is 11.4 Å². The van der Waals surface area contributed by atoms with Crippen molar-refractivity contribution in [3.05, 3.63) is 29.3 Å². The van der Waals surface area contributed by atoms with Gasteiger partial charge < -0.3 is 4.90 Å². The zero-order valence-corrected chi connectivity index (χ0v) is 11.2. The molecule has 1 heterocycles. The van der Waals surface area contributed by atoms with Crippen LogP contribution in [0.3, 0.4) is 0 Å². The minimum Gasteiger partial charge on any atom is -0.302 e. The van der Waals surface area contributed by atoms with E-state index in [-0.39, 0.29) is 29.5 Å². The number of benzene rings is 1. The topological polar surface area (TPSA) is 54.5 Å². The highest BCUT2D eigenvalue weighted by molar-refractivity contribution is 6.52. The van der Waals surface area contributed by atoms with Crippen LogP contribution in [0.15, 0.2) is 12.1 Å². The molecule has 0 spiro atoms. The van der Waals surface area contributed by atoms with Crippen LogP contribution in [0.4, 0.5) is 14.5 Å². The van der Waals surface area contributed by atoms with E-state index in [1.165, 1.54) is 0 Å². The number of nitrogens with zero attached hydrogens (tertiary/aromatic N) is 1. The SMILES string of the molecule is O=C1C(=O)N(CCC2CCCC2=O)c2c(F)cc(F)cc21. The standard InChI is InChI=1S/C15H13F2NO3/c16-9-6-10-13(11(17)7-9)18(15(21)14(10)20)5-4-8-2-1-3-12(8)19/h6-8H,1-5H2. The van der Waals surface area contributed by atoms with Crippen LogP contribution in [0.1, 0.15) is 36.0 Å². The second-order valence-electron chi connectivity index (χ2n) is 5.41. The molecule has 1 aliphatic heterocycles. The molecule has 1 aromatic carbocycles. The summed E-state index contributed by atoms with van der Waals surface area (Å²) >= 11 is 0. The Hall–Kier alpha value is -2.11. The van der Waals surface area contributed by atoms with Crippen molar-refractivity contribution in [1.29, 1.82) is 0 Å². The maximum absolute atomic E-state index is 13.9. The molecule has 0 N–H and O–H groups in total. The van der Waals surface area contributed by atoms with Crippen LogP contribution in [0.5, 0.6) is 0 Å². The molecule has 0 aromatic heterocycles. The lowest BCUT2D eigenvalue weighted by atomic mass is 10.0. The van der Waals surface area contributed by atoms with Crippen LogP contribution < -0.4 is 4.90 Å². The lowest BCUT2D eigenvalue weighted by molar-refractivity contribution is -0.121. The van der Waals surface area contributed by atoms with Crippen molar-refractivity contribution in [1.82, 2.24) is 0 Å². The number of halogens is 2. The van der Waals surface area contributed by atoms with E-state index in [4.69, 9.17) is 0 Å². The molecule has 0 bridgehead atoms. The van der Waals surface area contributed by atoms with Crippen LogP contribution in [-0.2, 0) is 9.59 Å². The zero-order valence-electron chi connectivity index (χ0n) is 11.2. The van der Waals surface area contributed by atoms with Gasteiger partial charge in [0.15, 0.2) is 5.82 Å². The van der Waals surface area contributed by atoms with E-state index >= 15 is 0 Å². The van der Waals surface area contributed by atoms with Crippen LogP contribution >= 0.6 is 0 Å². The normalized spacial score (nSPS) is 21.3. The fourth-order valence-corrected chi connectivity index (χ4v) is 3.04. The fourth-order valence-electron chi connectivity index (χ4n) is 3.04. The lowest BCUT2D eigenvalue weighted by Gasteiger charge is -2.18. The summed E-state index contributed by atoms with van der Waals surface area (Å²) in [6.45, 7) is 0.0938. The monoisotopic (exact) mass is 293 g/mol. The number of amides is 1. The Balaban J connectivity index is 1.85. The molecule has 4 nitrogen and oxygen atoms in total. The molecule has 1 aliphatic carbocycles. The van der Waals surface area contributed by atoms with Crippen LogP contribution in [0.2, 0.25) is 0 Å². The quantitative estimate of drug-likeness (QED) is 0.803. The molecule has 1 unspecified atom stereocenters. The van der Waals surface area contributed by atoms with E-state index in [1.54, 1.807) is 0 Å². The molecule has 1 aromatic rings. The summed E-state index contributed by atoms with van der Waals surface area (Å²) in [5, 5.41) is 0. The molecular weight excluding hydrogens is 280 g/mol. The Labute approximate surface area is 119 Å². The van der Waals surface area contributed by atoms with E-state index in [9.17, 15) is 23.2 Å². The van der Waals surface area contributed by atoms with Crippen molar-refractivity contribution in [3.8, 4) is 0 Å². The molecule has 0 radical (unpaired) electrons. The second kappa shape index (κ2) is 5.02. The first kappa shape index (κ1) is 13.9. The number of hydrogen-bond donors (Lipinski definition) is 0. The highest BCUT2D eigenvalue weighted by Crippen LogP contribution is 2.34. The van der Waals surface area contributed by atoms with Gasteiger partial charge in [0.2, 0.25) is 0 Å². The molecule has 21 heavy (non-hydrogen) atoms. The molecule has 6 heteroatoms. The molecule has 3 rings (SSSR count). The predicted molar refractivity (Wildman–Crippen MR) is 70.0 cm³/mol. The maximum Gasteiger partial charge on any atom is 0.299 e. The summed E-state index contributed by atoms with van der Waals surface area (Å²) < 4.78 is 27.0. The molecule has 110 valence electrons. The Morgan fingerprint density at radius 2 is 1.95 bits per heavy atom. The molecule has 1 saturated carbocycles. The number of fused-ring (bicyclic) bond motifs is 1. The van der Waals surface area contributed by atoms with Gasteiger partial charge in [-0.2, -0.15) is 0 Å². The fraction of sp³-hybridized carbons (Fsp3) is 0.400. The minimum absolute atomic E-state index is 0.0938. The van der Waals surface area contributed by atoms with Gasteiger partial charge >= 0.3 is 0 Å². The van der Waals surface area contributed by atoms with Crippen molar-refractivity contribution < 1.29 is 23.2 Å². The third kappa shape index (κ3) is 2.24. The Morgan fingerprint density at radius 1 is 1.19 bits per heavy atom. The van der Waals surface area contributed by atoms with Gasteiger partial charge in [0.25, 0.3) is 11.7 Å². The molecule has 1 atom stereocenters. The lowest BCUT2D eigenvalue weighted by Crippen LogP contribution is -2.32. The summed E-state index contributed by atoms with van der Waals surface area (Å²) in [7, 11) is 0. The first-order valence-electron chi connectivity index (χ1n) is 6.87. The zero-order chi connectivity index (χ0) is 15.1. The van der Waals surface area contributed by atoms with Crippen molar-refractivity contribution in [2.45, 2.75) is 25.7 Å². The molecular formula is C15H13F2NO3. The smallest absolute Gasteiger partial charge is 0.299 e. The summed E-state index contributed by atoms with van der Waals surface area (Å²) in [5.74, 6) is -3.57. The van der Waals surface area contributed by atoms with Crippen molar-refractivity contribution in [2.24, 2.45) is 5.92 Å². The number of rotatable bonds is 3. The first-order valence-corrected chi connectivity index (χ1v) is 6.87. The van der Waals surface area contributed by atoms with Gasteiger partial charge in [-0.05, 0) is 25.3 Å². The van der Waals surface area contributed by atoms with Crippen molar-refractivity contribution >= 4 is 23.2 Å². The highest BCUT2D eigenvalue weighted by Gasteiger charge is 2.39. The number of hydrogen-bond acceptors (Lipinski definition) is 3. The third-order valence-corrected chi connectivity index (χ3v) is 4.11. The largest absolute Gasteiger partial charge is 0.302 e. The van der Waals surface area contributed by atoms with Crippen LogP contribution in [0, 0.1) is 17.6 Å². The summed E-state index contributed by atoms with van der Waals surface area (Å²) in [6, 6.07) is 1.53.